The number of hydrogen-bond acceptors (Lipinski definition) is 6. The molecule has 3 heterocycles. The molecule has 1 aliphatic rings. The van der Waals surface area contributed by atoms with Gasteiger partial charge in [-0.3, -0.25) is 4.98 Å². The van der Waals surface area contributed by atoms with Gasteiger partial charge in [-0.1, -0.05) is 26.0 Å². The van der Waals surface area contributed by atoms with Crippen molar-refractivity contribution in [1.29, 1.82) is 0 Å². The second-order valence-corrected chi connectivity index (χ2v) is 12.0. The Kier molecular flexibility index (Phi) is 9.45. The van der Waals surface area contributed by atoms with Gasteiger partial charge in [-0.2, -0.15) is 13.2 Å². The Hall–Kier alpha value is -4.70. The quantitative estimate of drug-likeness (QED) is 0.188. The van der Waals surface area contributed by atoms with E-state index in [1.165, 1.54) is 6.07 Å². The van der Waals surface area contributed by atoms with Crippen LogP contribution in [-0.4, -0.2) is 33.3 Å². The molecule has 3 aromatic carbocycles. The van der Waals surface area contributed by atoms with Crippen LogP contribution in [0.3, 0.4) is 0 Å². The first-order valence-corrected chi connectivity index (χ1v) is 15.5. The molecule has 246 valence electrons. The van der Waals surface area contributed by atoms with Crippen molar-refractivity contribution < 1.29 is 37.3 Å². The monoisotopic (exact) mass is 646 g/mol. The van der Waals surface area contributed by atoms with Crippen LogP contribution in [0, 0.1) is 6.92 Å². The number of nitrogens with zero attached hydrogens (tertiary/aromatic N) is 2. The fourth-order valence-electron chi connectivity index (χ4n) is 5.80. The molecule has 47 heavy (non-hydrogen) atoms. The van der Waals surface area contributed by atoms with Crippen molar-refractivity contribution in [2.75, 3.05) is 6.61 Å². The van der Waals surface area contributed by atoms with Crippen LogP contribution in [0.4, 0.5) is 13.2 Å². The average Bonchev–Trinajstić information content (AvgIpc) is 3.03. The molecule has 5 aromatic rings. The number of aliphatic carboxylic acids is 1. The maximum Gasteiger partial charge on any atom is 0.416 e. The fraction of sp³-hybridized carbons (Fsp3) is 0.324. The Morgan fingerprint density at radius 3 is 2.51 bits per heavy atom. The molecule has 10 heteroatoms. The lowest BCUT2D eigenvalue weighted by atomic mass is 9.86. The van der Waals surface area contributed by atoms with Gasteiger partial charge in [0.15, 0.2) is 6.10 Å². The summed E-state index contributed by atoms with van der Waals surface area (Å²) < 4.78 is 57.5. The summed E-state index contributed by atoms with van der Waals surface area (Å²) in [6.07, 6.45) is -3.30. The number of halogens is 3. The van der Waals surface area contributed by atoms with Crippen LogP contribution < -0.4 is 9.47 Å². The van der Waals surface area contributed by atoms with E-state index in [-0.39, 0.29) is 12.5 Å². The largest absolute Gasteiger partial charge is 0.493 e. The van der Waals surface area contributed by atoms with E-state index in [0.717, 1.165) is 29.5 Å². The molecule has 0 saturated carbocycles. The standard InChI is InChI=1S/C35H31F3N2O5.C2H6/c1-19-16-25-23(9-11-27(40-25)44-18-20-6-5-7-22(17-20)35(36,37)38)30(28(19)32(33(41)42)45-34(2,3)4)24-8-10-26-29-21(13-15-43-26)12-14-39-31(24)29;1-2/h5-12,14,16-17,32H,13,15,18H2,1-4H3,(H,41,42);1-2H3. The number of fused-ring (bicyclic) bond motifs is 1. The number of rotatable bonds is 7. The van der Waals surface area contributed by atoms with Crippen molar-refractivity contribution in [3.8, 4) is 22.8 Å². The van der Waals surface area contributed by atoms with Crippen LogP contribution in [0.2, 0.25) is 0 Å². The second kappa shape index (κ2) is 13.2. The first kappa shape index (κ1) is 33.7. The molecule has 0 radical (unpaired) electrons. The lowest BCUT2D eigenvalue weighted by molar-refractivity contribution is -0.160. The third kappa shape index (κ3) is 7.02. The average molecular weight is 647 g/mol. The van der Waals surface area contributed by atoms with Crippen LogP contribution in [-0.2, 0) is 28.7 Å². The highest BCUT2D eigenvalue weighted by Gasteiger charge is 2.33. The van der Waals surface area contributed by atoms with Crippen LogP contribution in [0.1, 0.15) is 68.5 Å². The smallest absolute Gasteiger partial charge is 0.416 e. The summed E-state index contributed by atoms with van der Waals surface area (Å²) in [4.78, 5) is 22.2. The summed E-state index contributed by atoms with van der Waals surface area (Å²) in [6.45, 7) is 11.6. The van der Waals surface area contributed by atoms with E-state index in [0.29, 0.717) is 56.6 Å². The van der Waals surface area contributed by atoms with Gasteiger partial charge in [0.1, 0.15) is 12.4 Å². The minimum Gasteiger partial charge on any atom is -0.493 e. The maximum atomic E-state index is 13.2. The molecule has 1 aliphatic heterocycles. The van der Waals surface area contributed by atoms with Gasteiger partial charge in [-0.25, -0.2) is 9.78 Å². The minimum absolute atomic E-state index is 0.119. The molecular weight excluding hydrogens is 609 g/mol. The van der Waals surface area contributed by atoms with Crippen LogP contribution >= 0.6 is 0 Å². The van der Waals surface area contributed by atoms with Gasteiger partial charge in [-0.15, -0.1) is 0 Å². The zero-order valence-corrected chi connectivity index (χ0v) is 27.2. The van der Waals surface area contributed by atoms with E-state index < -0.39 is 29.4 Å². The highest BCUT2D eigenvalue weighted by molar-refractivity contribution is 6.08. The summed E-state index contributed by atoms with van der Waals surface area (Å²) in [5.74, 6) is -0.213. The molecule has 0 spiro atoms. The van der Waals surface area contributed by atoms with Crippen molar-refractivity contribution in [3.63, 3.8) is 0 Å². The Balaban J connectivity index is 0.00000213. The summed E-state index contributed by atoms with van der Waals surface area (Å²) in [6, 6.07) is 15.9. The van der Waals surface area contributed by atoms with E-state index in [1.807, 2.05) is 32.0 Å². The number of aromatic nitrogens is 2. The molecule has 0 amide bonds. The van der Waals surface area contributed by atoms with Crippen LogP contribution in [0.25, 0.3) is 32.9 Å². The molecule has 0 saturated heterocycles. The Morgan fingerprint density at radius 1 is 1.04 bits per heavy atom. The van der Waals surface area contributed by atoms with E-state index in [9.17, 15) is 23.1 Å². The molecule has 2 aromatic heterocycles. The summed E-state index contributed by atoms with van der Waals surface area (Å²) in [5.41, 5.74) is 3.52. The lowest BCUT2D eigenvalue weighted by Gasteiger charge is -2.29. The lowest BCUT2D eigenvalue weighted by Crippen LogP contribution is -2.28. The molecule has 7 nitrogen and oxygen atoms in total. The first-order chi connectivity index (χ1) is 22.3. The molecule has 1 atom stereocenters. The number of carboxylic acids is 1. The predicted octanol–water partition coefficient (Wildman–Crippen LogP) is 9.26. The third-order valence-corrected chi connectivity index (χ3v) is 7.65. The predicted molar refractivity (Wildman–Crippen MR) is 175 cm³/mol. The number of alkyl halides is 3. The van der Waals surface area contributed by atoms with Crippen molar-refractivity contribution in [1.82, 2.24) is 9.97 Å². The van der Waals surface area contributed by atoms with Gasteiger partial charge in [0.25, 0.3) is 0 Å². The van der Waals surface area contributed by atoms with Crippen molar-refractivity contribution >= 4 is 27.8 Å². The molecule has 1 unspecified atom stereocenters. The van der Waals surface area contributed by atoms with Gasteiger partial charge < -0.3 is 19.3 Å². The zero-order chi connectivity index (χ0) is 34.1. The van der Waals surface area contributed by atoms with Crippen LogP contribution in [0.5, 0.6) is 11.6 Å². The van der Waals surface area contributed by atoms with Gasteiger partial charge in [0, 0.05) is 40.6 Å². The summed E-state index contributed by atoms with van der Waals surface area (Å²) >= 11 is 0. The summed E-state index contributed by atoms with van der Waals surface area (Å²) in [5, 5.41) is 12.0. The summed E-state index contributed by atoms with van der Waals surface area (Å²) in [7, 11) is 0. The van der Waals surface area contributed by atoms with Crippen molar-refractivity contribution in [2.45, 2.75) is 72.5 Å². The maximum absolute atomic E-state index is 13.2. The van der Waals surface area contributed by atoms with E-state index >= 15 is 0 Å². The molecular formula is C37H37F3N2O5. The topological polar surface area (TPSA) is 90.8 Å². The number of carbonyl (C=O) groups is 1. The Bertz CT molecular complexity index is 1940. The van der Waals surface area contributed by atoms with Gasteiger partial charge in [0.05, 0.1) is 28.8 Å². The Labute approximate surface area is 271 Å². The molecule has 1 N–H and O–H groups in total. The number of carboxylic acid groups (broad SMARTS) is 1. The van der Waals surface area contributed by atoms with Gasteiger partial charge >= 0.3 is 12.1 Å². The second-order valence-electron chi connectivity index (χ2n) is 12.0. The fourth-order valence-corrected chi connectivity index (χ4v) is 5.80. The Morgan fingerprint density at radius 2 is 1.81 bits per heavy atom. The SMILES string of the molecule is CC.Cc1cc2nc(OCc3cccc(C(F)(F)F)c3)ccc2c(-c2ccc3c4c(ccnc24)CCO3)c1C(OC(C)(C)C)C(=O)O. The molecule has 0 aliphatic carbocycles. The molecule has 0 bridgehead atoms. The minimum atomic E-state index is -4.46. The molecule has 0 fully saturated rings. The highest BCUT2D eigenvalue weighted by Crippen LogP contribution is 2.45. The number of ether oxygens (including phenoxy) is 3. The number of pyridine rings is 2. The zero-order valence-electron chi connectivity index (χ0n) is 27.2. The number of benzene rings is 3. The van der Waals surface area contributed by atoms with Crippen molar-refractivity contribution in [2.24, 2.45) is 0 Å². The molecule has 6 rings (SSSR count). The van der Waals surface area contributed by atoms with Crippen molar-refractivity contribution in [3.05, 3.63) is 94.7 Å². The first-order valence-electron chi connectivity index (χ1n) is 15.5. The highest BCUT2D eigenvalue weighted by atomic mass is 19.4. The van der Waals surface area contributed by atoms with Gasteiger partial charge in [0.2, 0.25) is 5.88 Å². The normalized spacial score (nSPS) is 13.5. The van der Waals surface area contributed by atoms with E-state index in [2.05, 4.69) is 0 Å². The van der Waals surface area contributed by atoms with Gasteiger partial charge in [-0.05, 0) is 92.4 Å². The van der Waals surface area contributed by atoms with E-state index in [4.69, 9.17) is 24.2 Å². The number of hydrogen-bond donors (Lipinski definition) is 1. The third-order valence-electron chi connectivity index (χ3n) is 7.65. The van der Waals surface area contributed by atoms with E-state index in [1.54, 1.807) is 58.2 Å². The van der Waals surface area contributed by atoms with Crippen LogP contribution in [0.15, 0.2) is 66.9 Å². The number of aryl methyl sites for hydroxylation is 1.